The highest BCUT2D eigenvalue weighted by Gasteiger charge is 2.26. The maximum Gasteiger partial charge on any atom is 0.261 e. The summed E-state index contributed by atoms with van der Waals surface area (Å²) in [7, 11) is 0. The zero-order valence-electron chi connectivity index (χ0n) is 17.7. The first kappa shape index (κ1) is 24.4. The quantitative estimate of drug-likeness (QED) is 0.483. The van der Waals surface area contributed by atoms with Crippen LogP contribution in [-0.2, 0) is 16.1 Å². The maximum absolute atomic E-state index is 13.0. The van der Waals surface area contributed by atoms with E-state index < -0.39 is 6.04 Å². The first-order valence-corrected chi connectivity index (χ1v) is 11.5. The van der Waals surface area contributed by atoms with Crippen LogP contribution in [0.3, 0.4) is 0 Å². The van der Waals surface area contributed by atoms with E-state index in [4.69, 9.17) is 4.74 Å². The summed E-state index contributed by atoms with van der Waals surface area (Å²) in [5.74, 6) is 0.525. The van der Waals surface area contributed by atoms with Gasteiger partial charge in [-0.3, -0.25) is 9.59 Å². The van der Waals surface area contributed by atoms with Gasteiger partial charge in [0.15, 0.2) is 6.61 Å². The fourth-order valence-electron chi connectivity index (χ4n) is 2.80. The Kier molecular flexibility index (Phi) is 9.37. The number of carbonyl (C=O) groups excluding carboxylic acids is 2. The minimum atomic E-state index is -0.620. The van der Waals surface area contributed by atoms with E-state index in [1.165, 1.54) is 0 Å². The highest BCUT2D eigenvalue weighted by atomic mass is 79.9. The molecule has 0 bridgehead atoms. The third-order valence-corrected chi connectivity index (χ3v) is 5.97. The maximum atomic E-state index is 13.0. The van der Waals surface area contributed by atoms with Gasteiger partial charge in [0.05, 0.1) is 0 Å². The van der Waals surface area contributed by atoms with E-state index in [-0.39, 0.29) is 18.4 Å². The van der Waals surface area contributed by atoms with Gasteiger partial charge in [-0.25, -0.2) is 0 Å². The van der Waals surface area contributed by atoms with Gasteiger partial charge < -0.3 is 15.0 Å². The summed E-state index contributed by atoms with van der Waals surface area (Å²) in [4.78, 5) is 27.2. The summed E-state index contributed by atoms with van der Waals surface area (Å²) in [6.45, 7) is 8.51. The van der Waals surface area contributed by atoms with E-state index in [0.717, 1.165) is 20.1 Å². The Bertz CT molecular complexity index is 887. The average Bonchev–Trinajstić information content (AvgIpc) is 2.70. The Morgan fingerprint density at radius 1 is 1.10 bits per heavy atom. The van der Waals surface area contributed by atoms with E-state index >= 15 is 0 Å². The molecule has 0 aliphatic carbocycles. The Morgan fingerprint density at radius 2 is 1.83 bits per heavy atom. The first-order valence-electron chi connectivity index (χ1n) is 9.88. The lowest BCUT2D eigenvalue weighted by Crippen LogP contribution is -2.49. The second kappa shape index (κ2) is 11.5. The Morgan fingerprint density at radius 3 is 2.47 bits per heavy atom. The van der Waals surface area contributed by atoms with Crippen molar-refractivity contribution in [3.8, 4) is 5.75 Å². The summed E-state index contributed by atoms with van der Waals surface area (Å²) >= 11 is 6.91. The molecule has 2 amide bonds. The number of hydrogen-bond acceptors (Lipinski definition) is 3. The van der Waals surface area contributed by atoms with Crippen molar-refractivity contribution in [2.24, 2.45) is 5.92 Å². The molecule has 1 atom stereocenters. The summed E-state index contributed by atoms with van der Waals surface area (Å²) in [6.07, 6.45) is 0. The first-order chi connectivity index (χ1) is 14.2. The molecule has 0 aliphatic rings. The monoisotopic (exact) mass is 538 g/mol. The van der Waals surface area contributed by atoms with Gasteiger partial charge in [0, 0.05) is 22.0 Å². The minimum absolute atomic E-state index is 0.142. The summed E-state index contributed by atoms with van der Waals surface area (Å²) in [5, 5.41) is 2.91. The van der Waals surface area contributed by atoms with Gasteiger partial charge in [0.1, 0.15) is 11.8 Å². The number of aryl methyl sites for hydroxylation is 1. The average molecular weight is 540 g/mol. The van der Waals surface area contributed by atoms with Crippen LogP contribution in [-0.4, -0.2) is 35.9 Å². The molecule has 0 spiro atoms. The molecule has 2 rings (SSSR count). The normalized spacial score (nSPS) is 11.8. The van der Waals surface area contributed by atoms with E-state index in [2.05, 4.69) is 37.2 Å². The van der Waals surface area contributed by atoms with Crippen LogP contribution in [0.25, 0.3) is 0 Å². The molecule has 0 heterocycles. The molecule has 5 nitrogen and oxygen atoms in total. The molecular formula is C23H28Br2N2O3. The molecule has 0 saturated heterocycles. The minimum Gasteiger partial charge on any atom is -0.484 e. The van der Waals surface area contributed by atoms with Crippen molar-refractivity contribution in [2.45, 2.75) is 40.3 Å². The van der Waals surface area contributed by atoms with Crippen molar-refractivity contribution >= 4 is 43.7 Å². The molecule has 30 heavy (non-hydrogen) atoms. The van der Waals surface area contributed by atoms with Crippen molar-refractivity contribution in [3.05, 3.63) is 62.5 Å². The number of nitrogens with zero attached hydrogens (tertiary/aromatic N) is 1. The Hall–Kier alpha value is -1.86. The van der Waals surface area contributed by atoms with Crippen molar-refractivity contribution in [1.29, 1.82) is 0 Å². The molecule has 0 aromatic heterocycles. The van der Waals surface area contributed by atoms with Crippen LogP contribution in [0.5, 0.6) is 5.75 Å². The van der Waals surface area contributed by atoms with Crippen molar-refractivity contribution in [1.82, 2.24) is 10.2 Å². The van der Waals surface area contributed by atoms with E-state index in [1.54, 1.807) is 11.8 Å². The fraction of sp³-hybridized carbons (Fsp3) is 0.391. The van der Waals surface area contributed by atoms with E-state index in [0.29, 0.717) is 24.8 Å². The summed E-state index contributed by atoms with van der Waals surface area (Å²) < 4.78 is 7.62. The lowest BCUT2D eigenvalue weighted by atomic mass is 10.1. The van der Waals surface area contributed by atoms with Gasteiger partial charge in [-0.1, -0.05) is 57.8 Å². The molecule has 162 valence electrons. The van der Waals surface area contributed by atoms with Crippen LogP contribution >= 0.6 is 31.9 Å². The smallest absolute Gasteiger partial charge is 0.261 e. The summed E-state index contributed by atoms with van der Waals surface area (Å²) in [6, 6.07) is 12.7. The van der Waals surface area contributed by atoms with Crippen LogP contribution < -0.4 is 10.1 Å². The molecule has 0 fully saturated rings. The Balaban J connectivity index is 2.14. The van der Waals surface area contributed by atoms with E-state index in [1.807, 2.05) is 63.2 Å². The number of ether oxygens (including phenoxy) is 1. The van der Waals surface area contributed by atoms with Crippen molar-refractivity contribution in [2.75, 3.05) is 13.2 Å². The highest BCUT2D eigenvalue weighted by molar-refractivity contribution is 9.10. The molecule has 0 saturated carbocycles. The van der Waals surface area contributed by atoms with Crippen LogP contribution in [0.1, 0.15) is 31.9 Å². The molecule has 0 unspecified atom stereocenters. The lowest BCUT2D eigenvalue weighted by Gasteiger charge is -2.29. The second-order valence-corrected chi connectivity index (χ2v) is 9.44. The van der Waals surface area contributed by atoms with Gasteiger partial charge in [-0.05, 0) is 61.2 Å². The van der Waals surface area contributed by atoms with Gasteiger partial charge in [0.2, 0.25) is 5.91 Å². The standard InChI is InChI=1S/C23H28Br2N2O3/c1-15(2)12-26-23(29)17(4)27(13-18-6-5-7-19(24)11-18)22(28)14-30-20-8-9-21(25)16(3)10-20/h5-11,15,17H,12-14H2,1-4H3,(H,26,29)/t17-/m1/s1. The molecule has 7 heteroatoms. The van der Waals surface area contributed by atoms with Crippen LogP contribution in [0, 0.1) is 12.8 Å². The fourth-order valence-corrected chi connectivity index (χ4v) is 3.50. The van der Waals surface area contributed by atoms with Crippen molar-refractivity contribution < 1.29 is 14.3 Å². The zero-order valence-corrected chi connectivity index (χ0v) is 20.9. The van der Waals surface area contributed by atoms with Crippen LogP contribution in [0.15, 0.2) is 51.4 Å². The predicted octanol–water partition coefficient (Wildman–Crippen LogP) is 5.09. The number of hydrogen-bond donors (Lipinski definition) is 1. The number of rotatable bonds is 9. The largest absolute Gasteiger partial charge is 0.484 e. The number of carbonyl (C=O) groups is 2. The molecule has 1 N–H and O–H groups in total. The number of halogens is 2. The molecule has 0 aliphatic heterocycles. The zero-order chi connectivity index (χ0) is 22.3. The SMILES string of the molecule is Cc1cc(OCC(=O)N(Cc2cccc(Br)c2)[C@H](C)C(=O)NCC(C)C)ccc1Br. The van der Waals surface area contributed by atoms with Gasteiger partial charge in [-0.15, -0.1) is 0 Å². The van der Waals surface area contributed by atoms with Gasteiger partial charge in [-0.2, -0.15) is 0 Å². The predicted molar refractivity (Wildman–Crippen MR) is 126 cm³/mol. The second-order valence-electron chi connectivity index (χ2n) is 7.67. The van der Waals surface area contributed by atoms with Crippen LogP contribution in [0.4, 0.5) is 0 Å². The van der Waals surface area contributed by atoms with Gasteiger partial charge in [0.25, 0.3) is 5.91 Å². The van der Waals surface area contributed by atoms with Gasteiger partial charge >= 0.3 is 0 Å². The lowest BCUT2D eigenvalue weighted by molar-refractivity contribution is -0.142. The molecule has 0 radical (unpaired) electrons. The molecule has 2 aromatic rings. The summed E-state index contributed by atoms with van der Waals surface area (Å²) in [5.41, 5.74) is 1.95. The third kappa shape index (κ3) is 7.43. The van der Waals surface area contributed by atoms with E-state index in [9.17, 15) is 9.59 Å². The number of amides is 2. The molecular weight excluding hydrogens is 512 g/mol. The highest BCUT2D eigenvalue weighted by Crippen LogP contribution is 2.22. The topological polar surface area (TPSA) is 58.6 Å². The van der Waals surface area contributed by atoms with Crippen molar-refractivity contribution in [3.63, 3.8) is 0 Å². The molecule has 2 aromatic carbocycles. The number of benzene rings is 2. The number of nitrogens with one attached hydrogen (secondary N) is 1. The Labute approximate surface area is 195 Å². The third-order valence-electron chi connectivity index (χ3n) is 4.59. The van der Waals surface area contributed by atoms with Crippen LogP contribution in [0.2, 0.25) is 0 Å².